The van der Waals surface area contributed by atoms with Crippen LogP contribution in [0.3, 0.4) is 0 Å². The van der Waals surface area contributed by atoms with Crippen LogP contribution in [0, 0.1) is 13.8 Å². The predicted molar refractivity (Wildman–Crippen MR) is 126 cm³/mol. The third-order valence-electron chi connectivity index (χ3n) is 5.46. The molecule has 5 rings (SSSR count). The highest BCUT2D eigenvalue weighted by atomic mass is 16.1. The molecule has 0 bridgehead atoms. The molecule has 2 aromatic carbocycles. The van der Waals surface area contributed by atoms with Gasteiger partial charge in [-0.3, -0.25) is 14.2 Å². The number of aryl methyl sites for hydroxylation is 2. The summed E-state index contributed by atoms with van der Waals surface area (Å²) in [6.45, 7) is 3.95. The molecular formula is C26H21N5O. The maximum atomic E-state index is 13.0. The molecular weight excluding hydrogens is 398 g/mol. The van der Waals surface area contributed by atoms with E-state index in [2.05, 4.69) is 20.5 Å². The number of pyridine rings is 2. The Hall–Kier alpha value is -4.32. The summed E-state index contributed by atoms with van der Waals surface area (Å²) in [5.41, 5.74) is 6.86. The van der Waals surface area contributed by atoms with Crippen LogP contribution in [0.2, 0.25) is 0 Å². The van der Waals surface area contributed by atoms with Gasteiger partial charge in [0.15, 0.2) is 11.5 Å². The van der Waals surface area contributed by atoms with Crippen LogP contribution in [0.4, 0.5) is 5.69 Å². The summed E-state index contributed by atoms with van der Waals surface area (Å²) in [5.74, 6) is 0.581. The molecule has 0 radical (unpaired) electrons. The standard InChI is InChI=1S/C26H21N5O/c1-17-7-11-21(12-8-17)28-26(32)23-15-19(10-9-18(23)2)22-6-4-14-31-24(29-30-25(22)31)20-5-3-13-27-16-20/h3-16H,1-2H3,(H,28,32). The van der Waals surface area contributed by atoms with Crippen molar-refractivity contribution in [2.45, 2.75) is 13.8 Å². The second-order valence-electron chi connectivity index (χ2n) is 7.73. The molecule has 6 heteroatoms. The van der Waals surface area contributed by atoms with Crippen LogP contribution in [-0.2, 0) is 0 Å². The van der Waals surface area contributed by atoms with Crippen LogP contribution in [0.25, 0.3) is 28.2 Å². The molecule has 32 heavy (non-hydrogen) atoms. The first-order valence-corrected chi connectivity index (χ1v) is 10.3. The normalized spacial score (nSPS) is 10.9. The van der Waals surface area contributed by atoms with E-state index in [1.807, 2.05) is 91.2 Å². The van der Waals surface area contributed by atoms with Crippen molar-refractivity contribution in [3.8, 4) is 22.5 Å². The largest absolute Gasteiger partial charge is 0.322 e. The van der Waals surface area contributed by atoms with Crippen molar-refractivity contribution < 1.29 is 4.79 Å². The van der Waals surface area contributed by atoms with Crippen molar-refractivity contribution >= 4 is 17.2 Å². The zero-order valence-corrected chi connectivity index (χ0v) is 17.8. The van der Waals surface area contributed by atoms with E-state index in [0.717, 1.165) is 45.0 Å². The number of rotatable bonds is 4. The first-order valence-electron chi connectivity index (χ1n) is 10.3. The molecule has 6 nitrogen and oxygen atoms in total. The van der Waals surface area contributed by atoms with Crippen molar-refractivity contribution in [1.29, 1.82) is 0 Å². The van der Waals surface area contributed by atoms with Crippen molar-refractivity contribution in [2.24, 2.45) is 0 Å². The van der Waals surface area contributed by atoms with Crippen LogP contribution >= 0.6 is 0 Å². The number of nitrogens with zero attached hydrogens (tertiary/aromatic N) is 4. The molecule has 156 valence electrons. The summed E-state index contributed by atoms with van der Waals surface area (Å²) < 4.78 is 1.94. The van der Waals surface area contributed by atoms with E-state index in [0.29, 0.717) is 5.56 Å². The van der Waals surface area contributed by atoms with Crippen molar-refractivity contribution in [3.63, 3.8) is 0 Å². The number of fused-ring (bicyclic) bond motifs is 1. The topological polar surface area (TPSA) is 72.2 Å². The van der Waals surface area contributed by atoms with Gasteiger partial charge in [-0.15, -0.1) is 10.2 Å². The minimum Gasteiger partial charge on any atom is -0.322 e. The molecule has 0 saturated heterocycles. The van der Waals surface area contributed by atoms with E-state index in [-0.39, 0.29) is 5.91 Å². The third kappa shape index (κ3) is 3.63. The number of benzene rings is 2. The lowest BCUT2D eigenvalue weighted by Gasteiger charge is -2.11. The van der Waals surface area contributed by atoms with Crippen LogP contribution in [0.5, 0.6) is 0 Å². The zero-order chi connectivity index (χ0) is 22.1. The molecule has 0 aliphatic rings. The Morgan fingerprint density at radius 3 is 2.53 bits per heavy atom. The van der Waals surface area contributed by atoms with Crippen LogP contribution in [0.15, 0.2) is 85.3 Å². The van der Waals surface area contributed by atoms with Gasteiger partial charge in [0, 0.05) is 41.0 Å². The fourth-order valence-electron chi connectivity index (χ4n) is 3.70. The highest BCUT2D eigenvalue weighted by Crippen LogP contribution is 2.28. The minimum absolute atomic E-state index is 0.141. The molecule has 0 spiro atoms. The molecule has 1 N–H and O–H groups in total. The number of amides is 1. The molecule has 0 saturated carbocycles. The number of carbonyl (C=O) groups excluding carboxylic acids is 1. The Kier molecular flexibility index (Phi) is 4.95. The van der Waals surface area contributed by atoms with Gasteiger partial charge in [0.25, 0.3) is 5.91 Å². The first-order chi connectivity index (χ1) is 15.6. The van der Waals surface area contributed by atoms with Crippen molar-refractivity contribution in [1.82, 2.24) is 19.6 Å². The summed E-state index contributed by atoms with van der Waals surface area (Å²) in [7, 11) is 0. The van der Waals surface area contributed by atoms with Gasteiger partial charge < -0.3 is 5.32 Å². The SMILES string of the molecule is Cc1ccc(NC(=O)c2cc(-c3cccn4c(-c5cccnc5)nnc34)ccc2C)cc1. The number of carbonyl (C=O) groups is 1. The van der Waals surface area contributed by atoms with Gasteiger partial charge >= 0.3 is 0 Å². The molecule has 1 amide bonds. The lowest BCUT2D eigenvalue weighted by Crippen LogP contribution is -2.13. The maximum Gasteiger partial charge on any atom is 0.255 e. The third-order valence-corrected chi connectivity index (χ3v) is 5.46. The lowest BCUT2D eigenvalue weighted by atomic mass is 9.99. The Labute approximate surface area is 185 Å². The Morgan fingerprint density at radius 2 is 1.75 bits per heavy atom. The minimum atomic E-state index is -0.141. The van der Waals surface area contributed by atoms with Gasteiger partial charge in [-0.2, -0.15) is 0 Å². The van der Waals surface area contributed by atoms with Crippen molar-refractivity contribution in [3.05, 3.63) is 102 Å². The number of hydrogen-bond donors (Lipinski definition) is 1. The Morgan fingerprint density at radius 1 is 0.906 bits per heavy atom. The first kappa shape index (κ1) is 19.6. The highest BCUT2D eigenvalue weighted by molar-refractivity contribution is 6.06. The molecule has 5 aromatic rings. The average Bonchev–Trinajstić information content (AvgIpc) is 3.26. The van der Waals surface area contributed by atoms with Gasteiger partial charge in [0.05, 0.1) is 0 Å². The number of aromatic nitrogens is 4. The Balaban J connectivity index is 1.54. The molecule has 0 atom stereocenters. The van der Waals surface area contributed by atoms with Gasteiger partial charge in [-0.25, -0.2) is 0 Å². The molecule has 0 aliphatic carbocycles. The van der Waals surface area contributed by atoms with E-state index in [4.69, 9.17) is 0 Å². The van der Waals surface area contributed by atoms with Gasteiger partial charge in [-0.1, -0.05) is 29.8 Å². The quantitative estimate of drug-likeness (QED) is 0.427. The summed E-state index contributed by atoms with van der Waals surface area (Å²) in [5, 5.41) is 11.8. The number of nitrogens with one attached hydrogen (secondary N) is 1. The summed E-state index contributed by atoms with van der Waals surface area (Å²) in [6.07, 6.45) is 5.43. The maximum absolute atomic E-state index is 13.0. The highest BCUT2D eigenvalue weighted by Gasteiger charge is 2.15. The zero-order valence-electron chi connectivity index (χ0n) is 17.8. The predicted octanol–water partition coefficient (Wildman–Crippen LogP) is 5.33. The fourth-order valence-corrected chi connectivity index (χ4v) is 3.70. The van der Waals surface area contributed by atoms with E-state index >= 15 is 0 Å². The van der Waals surface area contributed by atoms with Gasteiger partial charge in [0.1, 0.15) is 0 Å². The van der Waals surface area contributed by atoms with Crippen LogP contribution in [0.1, 0.15) is 21.5 Å². The smallest absolute Gasteiger partial charge is 0.255 e. The molecule has 0 aliphatic heterocycles. The molecule has 0 fully saturated rings. The number of anilines is 1. The lowest BCUT2D eigenvalue weighted by molar-refractivity contribution is 0.102. The monoisotopic (exact) mass is 419 g/mol. The molecule has 3 heterocycles. The summed E-state index contributed by atoms with van der Waals surface area (Å²) >= 11 is 0. The number of hydrogen-bond acceptors (Lipinski definition) is 4. The molecule has 0 unspecified atom stereocenters. The van der Waals surface area contributed by atoms with E-state index < -0.39 is 0 Å². The second-order valence-corrected chi connectivity index (χ2v) is 7.73. The molecule has 3 aromatic heterocycles. The van der Waals surface area contributed by atoms with E-state index in [1.54, 1.807) is 12.4 Å². The van der Waals surface area contributed by atoms with E-state index in [1.165, 1.54) is 0 Å². The summed E-state index contributed by atoms with van der Waals surface area (Å²) in [4.78, 5) is 17.2. The summed E-state index contributed by atoms with van der Waals surface area (Å²) in [6, 6.07) is 21.4. The van der Waals surface area contributed by atoms with Gasteiger partial charge in [0.2, 0.25) is 0 Å². The van der Waals surface area contributed by atoms with Crippen LogP contribution in [-0.4, -0.2) is 25.5 Å². The fraction of sp³-hybridized carbons (Fsp3) is 0.0769. The average molecular weight is 419 g/mol. The van der Waals surface area contributed by atoms with Crippen LogP contribution < -0.4 is 5.32 Å². The van der Waals surface area contributed by atoms with Crippen molar-refractivity contribution in [2.75, 3.05) is 5.32 Å². The van der Waals surface area contributed by atoms with E-state index in [9.17, 15) is 4.79 Å². The Bertz CT molecular complexity index is 1420. The van der Waals surface area contributed by atoms with Gasteiger partial charge in [-0.05, 0) is 67.4 Å². The second kappa shape index (κ2) is 8.07.